The first-order chi connectivity index (χ1) is 7.76. The van der Waals surface area contributed by atoms with E-state index >= 15 is 0 Å². The van der Waals surface area contributed by atoms with Crippen LogP contribution in [0.25, 0.3) is 0 Å². The van der Waals surface area contributed by atoms with Crippen LogP contribution < -0.4 is 0 Å². The average molecular weight is 330 g/mol. The van der Waals surface area contributed by atoms with Crippen molar-refractivity contribution >= 4 is 22.6 Å². The first-order valence-corrected chi connectivity index (χ1v) is 7.98. The van der Waals surface area contributed by atoms with E-state index in [1.54, 1.807) is 22.3 Å². The quantitative estimate of drug-likeness (QED) is 0.503. The maximum absolute atomic E-state index is 2.48. The third kappa shape index (κ3) is 3.47. The van der Waals surface area contributed by atoms with Crippen molar-refractivity contribution < 1.29 is 0 Å². The summed E-state index contributed by atoms with van der Waals surface area (Å²) in [4.78, 5) is 0. The predicted molar refractivity (Wildman–Crippen MR) is 81.5 cm³/mol. The van der Waals surface area contributed by atoms with Gasteiger partial charge in [0.15, 0.2) is 0 Å². The van der Waals surface area contributed by atoms with Gasteiger partial charge in [-0.1, -0.05) is 68.3 Å². The van der Waals surface area contributed by atoms with E-state index in [0.29, 0.717) is 0 Å². The van der Waals surface area contributed by atoms with Gasteiger partial charge in [0.05, 0.1) is 0 Å². The fourth-order valence-corrected chi connectivity index (χ4v) is 2.96. The van der Waals surface area contributed by atoms with Gasteiger partial charge in [-0.25, -0.2) is 0 Å². The van der Waals surface area contributed by atoms with Crippen LogP contribution >= 0.6 is 22.6 Å². The van der Waals surface area contributed by atoms with Crippen LogP contribution in [0.15, 0.2) is 12.1 Å². The molecular formula is C15H23I. The molecule has 1 aromatic rings. The highest BCUT2D eigenvalue weighted by molar-refractivity contribution is 14.1. The Balaban J connectivity index is 3.12. The van der Waals surface area contributed by atoms with Crippen LogP contribution in [0, 0.1) is 0 Å². The first kappa shape index (κ1) is 14.0. The van der Waals surface area contributed by atoms with Crippen molar-refractivity contribution in [3.8, 4) is 0 Å². The Hall–Kier alpha value is -0.0500. The minimum atomic E-state index is 1.15. The molecular weight excluding hydrogens is 307 g/mol. The van der Waals surface area contributed by atoms with Gasteiger partial charge < -0.3 is 0 Å². The predicted octanol–water partition coefficient (Wildman–Crippen LogP) is 5.09. The zero-order valence-electron chi connectivity index (χ0n) is 10.8. The minimum absolute atomic E-state index is 1.15. The monoisotopic (exact) mass is 330 g/mol. The summed E-state index contributed by atoms with van der Waals surface area (Å²) in [7, 11) is 0. The van der Waals surface area contributed by atoms with Crippen LogP contribution in [0.5, 0.6) is 0 Å². The summed E-state index contributed by atoms with van der Waals surface area (Å²) in [5.41, 5.74) is 6.28. The highest BCUT2D eigenvalue weighted by atomic mass is 127. The molecule has 0 amide bonds. The average Bonchev–Trinajstić information content (AvgIpc) is 2.30. The Morgan fingerprint density at radius 2 is 1.31 bits per heavy atom. The van der Waals surface area contributed by atoms with E-state index in [1.165, 1.54) is 32.1 Å². The van der Waals surface area contributed by atoms with Gasteiger partial charge in [0.2, 0.25) is 0 Å². The largest absolute Gasteiger partial charge is 0.0812 e. The van der Waals surface area contributed by atoms with E-state index in [0.717, 1.165) is 4.43 Å². The molecule has 0 aromatic heterocycles. The summed E-state index contributed by atoms with van der Waals surface area (Å²) in [6, 6.07) is 4.92. The van der Waals surface area contributed by atoms with Crippen LogP contribution in [0.3, 0.4) is 0 Å². The molecule has 0 nitrogen and oxygen atoms in total. The Bertz CT molecular complexity index is 299. The molecule has 0 aliphatic rings. The molecule has 0 atom stereocenters. The summed E-state index contributed by atoms with van der Waals surface area (Å²) in [6.07, 6.45) is 6.15. The number of hydrogen-bond donors (Lipinski definition) is 0. The molecule has 0 N–H and O–H groups in total. The van der Waals surface area contributed by atoms with Crippen molar-refractivity contribution in [2.45, 2.75) is 57.3 Å². The fourth-order valence-electron chi connectivity index (χ4n) is 2.25. The Labute approximate surface area is 114 Å². The number of aryl methyl sites for hydroxylation is 3. The second-order valence-electron chi connectivity index (χ2n) is 4.38. The van der Waals surface area contributed by atoms with E-state index in [1.807, 2.05) is 0 Å². The lowest BCUT2D eigenvalue weighted by atomic mass is 9.93. The molecule has 1 heteroatoms. The summed E-state index contributed by atoms with van der Waals surface area (Å²) < 4.78 is 1.15. The van der Waals surface area contributed by atoms with E-state index in [9.17, 15) is 0 Å². The van der Waals surface area contributed by atoms with E-state index in [2.05, 4.69) is 55.5 Å². The first-order valence-electron chi connectivity index (χ1n) is 6.46. The fraction of sp³-hybridized carbons (Fsp3) is 0.600. The molecule has 0 saturated carbocycles. The van der Waals surface area contributed by atoms with Gasteiger partial charge in [0.25, 0.3) is 0 Å². The van der Waals surface area contributed by atoms with Gasteiger partial charge in [-0.15, -0.1) is 0 Å². The molecule has 0 aliphatic carbocycles. The van der Waals surface area contributed by atoms with Crippen molar-refractivity contribution in [1.82, 2.24) is 0 Å². The summed E-state index contributed by atoms with van der Waals surface area (Å²) in [6.45, 7) is 6.81. The van der Waals surface area contributed by atoms with Crippen molar-refractivity contribution in [3.63, 3.8) is 0 Å². The lowest BCUT2D eigenvalue weighted by Gasteiger charge is -2.14. The van der Waals surface area contributed by atoms with Crippen LogP contribution in [0.1, 0.15) is 55.9 Å². The second-order valence-corrected chi connectivity index (χ2v) is 5.14. The number of alkyl halides is 1. The highest BCUT2D eigenvalue weighted by Gasteiger charge is 2.07. The number of hydrogen-bond acceptors (Lipinski definition) is 0. The maximum atomic E-state index is 2.48. The molecule has 0 fully saturated rings. The standard InChI is InChI=1S/C15H23I/c1-4-7-13-10-14(8-5-2)15(11-16)9-12(13)6-3/h9-10H,4-8,11H2,1-3H3. The van der Waals surface area contributed by atoms with Crippen LogP contribution in [0.4, 0.5) is 0 Å². The number of benzene rings is 1. The molecule has 0 spiro atoms. The number of rotatable bonds is 6. The third-order valence-corrected chi connectivity index (χ3v) is 3.91. The maximum Gasteiger partial charge on any atom is 0.0249 e. The SMILES string of the molecule is CCCc1cc(CCC)c(CI)cc1CC. The topological polar surface area (TPSA) is 0 Å². The van der Waals surface area contributed by atoms with Crippen molar-refractivity contribution in [2.75, 3.05) is 0 Å². The lowest BCUT2D eigenvalue weighted by Crippen LogP contribution is -2.00. The van der Waals surface area contributed by atoms with Crippen LogP contribution in [-0.4, -0.2) is 0 Å². The molecule has 0 radical (unpaired) electrons. The Morgan fingerprint density at radius 3 is 1.75 bits per heavy atom. The summed E-state index contributed by atoms with van der Waals surface area (Å²) >= 11 is 2.48. The van der Waals surface area contributed by atoms with Crippen LogP contribution in [-0.2, 0) is 23.7 Å². The molecule has 90 valence electrons. The Kier molecular flexibility index (Phi) is 6.40. The molecule has 0 aliphatic heterocycles. The van der Waals surface area contributed by atoms with E-state index in [4.69, 9.17) is 0 Å². The minimum Gasteiger partial charge on any atom is -0.0812 e. The molecule has 0 saturated heterocycles. The third-order valence-electron chi connectivity index (χ3n) is 3.09. The van der Waals surface area contributed by atoms with Gasteiger partial charge in [0, 0.05) is 4.43 Å². The van der Waals surface area contributed by atoms with Crippen LogP contribution in [0.2, 0.25) is 0 Å². The van der Waals surface area contributed by atoms with Gasteiger partial charge in [-0.3, -0.25) is 0 Å². The van der Waals surface area contributed by atoms with Crippen molar-refractivity contribution in [1.29, 1.82) is 0 Å². The molecule has 1 aromatic carbocycles. The molecule has 0 unspecified atom stereocenters. The van der Waals surface area contributed by atoms with Crippen molar-refractivity contribution in [3.05, 3.63) is 34.4 Å². The highest BCUT2D eigenvalue weighted by Crippen LogP contribution is 2.22. The van der Waals surface area contributed by atoms with Crippen molar-refractivity contribution in [2.24, 2.45) is 0 Å². The molecule has 0 bridgehead atoms. The zero-order valence-corrected chi connectivity index (χ0v) is 12.9. The Morgan fingerprint density at radius 1 is 0.812 bits per heavy atom. The second kappa shape index (κ2) is 7.31. The summed E-state index contributed by atoms with van der Waals surface area (Å²) in [5.74, 6) is 0. The van der Waals surface area contributed by atoms with E-state index in [-0.39, 0.29) is 0 Å². The smallest absolute Gasteiger partial charge is 0.0249 e. The lowest BCUT2D eigenvalue weighted by molar-refractivity contribution is 0.871. The summed E-state index contributed by atoms with van der Waals surface area (Å²) in [5, 5.41) is 0. The van der Waals surface area contributed by atoms with Gasteiger partial charge in [0.1, 0.15) is 0 Å². The zero-order chi connectivity index (χ0) is 12.0. The molecule has 1 rings (SSSR count). The molecule has 16 heavy (non-hydrogen) atoms. The van der Waals surface area contributed by atoms with E-state index < -0.39 is 0 Å². The van der Waals surface area contributed by atoms with Gasteiger partial charge in [-0.2, -0.15) is 0 Å². The normalized spacial score (nSPS) is 10.8. The molecule has 0 heterocycles. The van der Waals surface area contributed by atoms with Gasteiger partial charge >= 0.3 is 0 Å². The van der Waals surface area contributed by atoms with Gasteiger partial charge in [-0.05, 0) is 41.5 Å². The number of halogens is 1.